The Kier molecular flexibility index (Phi) is 5.82. The Labute approximate surface area is 176 Å². The molecule has 0 saturated heterocycles. The number of pyridine rings is 1. The van der Waals surface area contributed by atoms with Gasteiger partial charge in [-0.05, 0) is 46.7 Å². The molecule has 1 heterocycles. The molecule has 3 aromatic rings. The maximum Gasteiger partial charge on any atom is 0.213 e. The highest BCUT2D eigenvalue weighted by Gasteiger charge is 2.25. The van der Waals surface area contributed by atoms with E-state index in [0.29, 0.717) is 28.3 Å². The third-order valence-corrected chi connectivity index (χ3v) is 5.56. The Balaban J connectivity index is 1.94. The van der Waals surface area contributed by atoms with E-state index in [1.54, 1.807) is 18.2 Å². The first-order valence-corrected chi connectivity index (χ1v) is 10.1. The largest absolute Gasteiger partial charge is 0.224 e. The highest BCUT2D eigenvalue weighted by molar-refractivity contribution is 6.31. The van der Waals surface area contributed by atoms with Gasteiger partial charge in [0.05, 0.1) is 0 Å². The summed E-state index contributed by atoms with van der Waals surface area (Å²) in [5.41, 5.74) is 2.85. The quantitative estimate of drug-likeness (QED) is 0.403. The fraction of sp³-hybridized carbons (Fsp3) is 0.320. The van der Waals surface area contributed by atoms with E-state index in [-0.39, 0.29) is 11.2 Å². The molecule has 0 radical (unpaired) electrons. The predicted octanol–water partition coefficient (Wildman–Crippen LogP) is 7.50. The minimum Gasteiger partial charge on any atom is -0.224 e. The third kappa shape index (κ3) is 4.67. The first-order valence-electron chi connectivity index (χ1n) is 9.70. The minimum atomic E-state index is -0.494. The smallest absolute Gasteiger partial charge is 0.213 e. The van der Waals surface area contributed by atoms with Crippen molar-refractivity contribution < 1.29 is 8.78 Å². The molecule has 0 spiro atoms. The van der Waals surface area contributed by atoms with Crippen molar-refractivity contribution in [3.8, 4) is 11.1 Å². The summed E-state index contributed by atoms with van der Waals surface area (Å²) in [6.45, 7) is 9.99. The number of nitrogens with zero attached hydrogens (tertiary/aromatic N) is 1. The van der Waals surface area contributed by atoms with Crippen molar-refractivity contribution in [2.24, 2.45) is 0 Å². The van der Waals surface area contributed by atoms with Crippen molar-refractivity contribution in [3.05, 3.63) is 88.2 Å². The van der Waals surface area contributed by atoms with E-state index in [2.05, 4.69) is 4.98 Å². The molecule has 0 amide bonds. The van der Waals surface area contributed by atoms with E-state index in [1.165, 1.54) is 6.07 Å². The van der Waals surface area contributed by atoms with Gasteiger partial charge in [0.15, 0.2) is 0 Å². The molecule has 1 aromatic heterocycles. The van der Waals surface area contributed by atoms with Gasteiger partial charge in [-0.15, -0.1) is 0 Å². The van der Waals surface area contributed by atoms with Crippen molar-refractivity contribution in [3.63, 3.8) is 0 Å². The number of aromatic nitrogens is 1. The van der Waals surface area contributed by atoms with Gasteiger partial charge in [-0.25, -0.2) is 9.37 Å². The van der Waals surface area contributed by atoms with Crippen LogP contribution in [0.1, 0.15) is 51.4 Å². The molecule has 0 aliphatic rings. The molecular weight excluding hydrogens is 388 g/mol. The van der Waals surface area contributed by atoms with Crippen LogP contribution in [-0.2, 0) is 17.3 Å². The molecule has 0 atom stereocenters. The summed E-state index contributed by atoms with van der Waals surface area (Å²) < 4.78 is 28.7. The lowest BCUT2D eigenvalue weighted by atomic mass is 9.81. The Morgan fingerprint density at radius 2 is 1.59 bits per heavy atom. The van der Waals surface area contributed by atoms with Gasteiger partial charge >= 0.3 is 0 Å². The second-order valence-corrected chi connectivity index (χ2v) is 9.54. The molecule has 0 N–H and O–H groups in total. The molecule has 0 unspecified atom stereocenters. The zero-order valence-electron chi connectivity index (χ0n) is 17.5. The fourth-order valence-corrected chi connectivity index (χ4v) is 3.79. The van der Waals surface area contributed by atoms with Crippen LogP contribution in [-0.4, -0.2) is 4.98 Å². The van der Waals surface area contributed by atoms with Crippen molar-refractivity contribution in [2.45, 2.75) is 51.9 Å². The summed E-state index contributed by atoms with van der Waals surface area (Å²) in [6, 6.07) is 15.9. The topological polar surface area (TPSA) is 12.9 Å². The van der Waals surface area contributed by atoms with Gasteiger partial charge < -0.3 is 0 Å². The Morgan fingerprint density at radius 3 is 2.21 bits per heavy atom. The molecule has 1 nitrogen and oxygen atoms in total. The van der Waals surface area contributed by atoms with E-state index in [1.807, 2.05) is 65.0 Å². The van der Waals surface area contributed by atoms with Crippen LogP contribution < -0.4 is 0 Å². The van der Waals surface area contributed by atoms with Gasteiger partial charge in [0, 0.05) is 21.7 Å². The normalized spacial score (nSPS) is 12.3. The Hall–Kier alpha value is -2.26. The van der Waals surface area contributed by atoms with Crippen LogP contribution in [0.15, 0.2) is 54.6 Å². The predicted molar refractivity (Wildman–Crippen MR) is 116 cm³/mol. The van der Waals surface area contributed by atoms with E-state index < -0.39 is 11.4 Å². The van der Waals surface area contributed by atoms with Gasteiger partial charge in [-0.2, -0.15) is 4.39 Å². The molecule has 0 aliphatic heterocycles. The average Bonchev–Trinajstić information content (AvgIpc) is 2.62. The van der Waals surface area contributed by atoms with Crippen molar-refractivity contribution >= 4 is 11.6 Å². The standard InChI is InChI=1S/C25H26ClF2N/c1-24(2,3)19-9-6-8-18(23(19)28)16-12-13-17(20(26)14-16)15-25(4,5)21-10-7-11-22(27)29-21/h6-14H,15H2,1-5H3. The Morgan fingerprint density at radius 1 is 0.897 bits per heavy atom. The molecule has 0 aliphatic carbocycles. The monoisotopic (exact) mass is 413 g/mol. The third-order valence-electron chi connectivity index (χ3n) is 5.21. The molecular formula is C25H26ClF2N. The fourth-order valence-electron chi connectivity index (χ4n) is 3.54. The molecule has 0 saturated carbocycles. The average molecular weight is 414 g/mol. The molecule has 4 heteroatoms. The van der Waals surface area contributed by atoms with Crippen LogP contribution in [0.4, 0.5) is 8.78 Å². The summed E-state index contributed by atoms with van der Waals surface area (Å²) >= 11 is 6.57. The lowest BCUT2D eigenvalue weighted by Crippen LogP contribution is -2.22. The summed E-state index contributed by atoms with van der Waals surface area (Å²) in [6.07, 6.45) is 0.590. The number of rotatable bonds is 4. The first-order chi connectivity index (χ1) is 13.5. The zero-order valence-corrected chi connectivity index (χ0v) is 18.2. The summed E-state index contributed by atoms with van der Waals surface area (Å²) in [7, 11) is 0. The number of halogens is 3. The molecule has 152 valence electrons. The second kappa shape index (κ2) is 7.87. The van der Waals surface area contributed by atoms with Crippen LogP contribution in [0.3, 0.4) is 0 Å². The molecule has 2 aromatic carbocycles. The highest BCUT2D eigenvalue weighted by atomic mass is 35.5. The van der Waals surface area contributed by atoms with Crippen LogP contribution in [0.25, 0.3) is 11.1 Å². The van der Waals surface area contributed by atoms with Crippen LogP contribution in [0, 0.1) is 11.8 Å². The van der Waals surface area contributed by atoms with E-state index >= 15 is 4.39 Å². The minimum absolute atomic E-state index is 0.215. The van der Waals surface area contributed by atoms with E-state index in [0.717, 1.165) is 11.1 Å². The highest BCUT2D eigenvalue weighted by Crippen LogP contribution is 2.35. The van der Waals surface area contributed by atoms with Crippen molar-refractivity contribution in [1.29, 1.82) is 0 Å². The maximum atomic E-state index is 15.1. The lowest BCUT2D eigenvalue weighted by molar-refractivity contribution is 0.483. The number of hydrogen-bond donors (Lipinski definition) is 0. The van der Waals surface area contributed by atoms with Crippen LogP contribution in [0.2, 0.25) is 5.02 Å². The summed E-state index contributed by atoms with van der Waals surface area (Å²) in [5.74, 6) is -0.709. The van der Waals surface area contributed by atoms with Crippen LogP contribution in [0.5, 0.6) is 0 Å². The van der Waals surface area contributed by atoms with Gasteiger partial charge in [0.25, 0.3) is 0 Å². The van der Waals surface area contributed by atoms with Crippen molar-refractivity contribution in [1.82, 2.24) is 4.98 Å². The van der Waals surface area contributed by atoms with Gasteiger partial charge in [0.2, 0.25) is 5.95 Å². The lowest BCUT2D eigenvalue weighted by Gasteiger charge is -2.25. The van der Waals surface area contributed by atoms with Gasteiger partial charge in [-0.3, -0.25) is 0 Å². The first kappa shape index (κ1) is 21.4. The van der Waals surface area contributed by atoms with Crippen molar-refractivity contribution in [2.75, 3.05) is 0 Å². The van der Waals surface area contributed by atoms with Gasteiger partial charge in [0.1, 0.15) is 5.82 Å². The van der Waals surface area contributed by atoms with E-state index in [9.17, 15) is 4.39 Å². The number of hydrogen-bond acceptors (Lipinski definition) is 1. The molecule has 0 fully saturated rings. The van der Waals surface area contributed by atoms with Gasteiger partial charge in [-0.1, -0.05) is 82.6 Å². The number of benzene rings is 2. The second-order valence-electron chi connectivity index (χ2n) is 9.13. The SMILES string of the molecule is CC(C)(C)c1cccc(-c2ccc(CC(C)(C)c3cccc(F)n3)c(Cl)c2)c1F. The maximum absolute atomic E-state index is 15.1. The molecule has 29 heavy (non-hydrogen) atoms. The zero-order chi connectivity index (χ0) is 21.4. The molecule has 0 bridgehead atoms. The Bertz CT molecular complexity index is 1040. The van der Waals surface area contributed by atoms with Crippen LogP contribution >= 0.6 is 11.6 Å². The summed E-state index contributed by atoms with van der Waals surface area (Å²) in [4.78, 5) is 4.02. The van der Waals surface area contributed by atoms with E-state index in [4.69, 9.17) is 11.6 Å². The summed E-state index contributed by atoms with van der Waals surface area (Å²) in [5, 5.41) is 0.563. The molecule has 3 rings (SSSR count).